The lowest BCUT2D eigenvalue weighted by Crippen LogP contribution is -2.10. The van der Waals surface area contributed by atoms with Gasteiger partial charge in [-0.05, 0) is 347 Å². The number of hydrogen-bond donors (Lipinski definition) is 0. The quantitative estimate of drug-likeness (QED) is 0.00393. The number of carbonyl (C=O) groups is 8. The Bertz CT molecular complexity index is 5710. The van der Waals surface area contributed by atoms with Gasteiger partial charge in [0.15, 0.2) is 0 Å². The van der Waals surface area contributed by atoms with Crippen molar-refractivity contribution < 1.29 is 143 Å². The molecule has 0 radical (unpaired) electrons. The normalized spacial score (nSPS) is 10.3. The van der Waals surface area contributed by atoms with Crippen molar-refractivity contribution in [2.45, 2.75) is 136 Å². The Morgan fingerprint density at radius 3 is 0.752 bits per heavy atom. The molecule has 149 heavy (non-hydrogen) atoms. The molecule has 0 N–H and O–H groups in total. The van der Waals surface area contributed by atoms with Crippen molar-refractivity contribution in [3.05, 3.63) is 351 Å². The van der Waals surface area contributed by atoms with Crippen LogP contribution in [0.25, 0.3) is 0 Å². The summed E-state index contributed by atoms with van der Waals surface area (Å²) in [5.74, 6) is 4.88. The van der Waals surface area contributed by atoms with Crippen LogP contribution >= 0.6 is 0 Å². The number of aryl methyl sites for hydroxylation is 3. The number of nitrogens with zero attached hydrogens (tertiary/aromatic N) is 1. The Balaban J connectivity index is 0.000000276. The molecule has 0 heterocycles. The molecule has 0 saturated heterocycles. The monoisotopic (exact) mass is 2040 g/mol. The maximum Gasteiger partial charge on any atom is 0.343 e. The van der Waals surface area contributed by atoms with Gasteiger partial charge in [0.25, 0.3) is 0 Å². The second-order valence-electron chi connectivity index (χ2n) is 32.4. The summed E-state index contributed by atoms with van der Waals surface area (Å²) in [4.78, 5) is 113. The fraction of sp³-hybridized carbons (Fsp3) is 0.314. The predicted octanol–water partition coefficient (Wildman–Crippen LogP) is 23.7. The predicted molar refractivity (Wildman–Crippen MR) is 560 cm³/mol. The van der Waals surface area contributed by atoms with Crippen molar-refractivity contribution in [3.8, 4) is 86.6 Å². The fourth-order valence-electron chi connectivity index (χ4n) is 12.7. The highest BCUT2D eigenvalue weighted by Crippen LogP contribution is 2.30. The van der Waals surface area contributed by atoms with E-state index in [9.17, 15) is 38.4 Å². The molecular weight excluding hydrogens is 1910 g/mol. The maximum absolute atomic E-state index is 12.7. The second kappa shape index (κ2) is 73.7. The van der Waals surface area contributed by atoms with E-state index in [1.54, 1.807) is 194 Å². The van der Waals surface area contributed by atoms with Gasteiger partial charge in [-0.3, -0.25) is 0 Å². The van der Waals surface area contributed by atoms with Crippen molar-refractivity contribution in [2.24, 2.45) is 0 Å². The summed E-state index contributed by atoms with van der Waals surface area (Å²) in [6.45, 7) is 32.7. The van der Waals surface area contributed by atoms with Gasteiger partial charge in [-0.15, -0.1) is 13.2 Å². The van der Waals surface area contributed by atoms with Gasteiger partial charge in [0, 0.05) is 37.1 Å². The largest absolute Gasteiger partial charge is 0.494 e. The third-order valence-corrected chi connectivity index (χ3v) is 20.7. The Kier molecular flexibility index (Phi) is 59.2. The molecule has 10 aromatic carbocycles. The van der Waals surface area contributed by atoms with E-state index in [0.717, 1.165) is 143 Å². The summed E-state index contributed by atoms with van der Waals surface area (Å²) in [6.07, 6.45) is 24.0. The van der Waals surface area contributed by atoms with Crippen molar-refractivity contribution in [1.29, 1.82) is 5.26 Å². The van der Waals surface area contributed by atoms with Crippen LogP contribution in [-0.4, -0.2) is 154 Å². The first-order valence-corrected chi connectivity index (χ1v) is 49.1. The van der Waals surface area contributed by atoms with Crippen molar-refractivity contribution in [2.75, 3.05) is 106 Å². The highest BCUT2D eigenvalue weighted by molar-refractivity contribution is 5.93. The molecule has 790 valence electrons. The SMILES string of the molecule is C=CC(=O)OCCCCCCOc1ccc(C(=O)Oc2ccc(C#N)cc2)cc1.C=CC(=O)OCCCCCCOc1ccc(C(=O)Oc2ccc(C)cc2)cc1.C=CCOOCCCCCCOc1ccc(OCOc2ccc(OC(=O)c3ccc(OCCCCCCOC(=O)C=C)cc3)cc2C)cc1.C=CCOOCCCOc1ccc(OCOc2ccc(OC(=O)c3ccc(OCCCOC(=O)C=C)cc3)cc2C)cc1. The first-order valence-electron chi connectivity index (χ1n) is 49.1. The molecule has 0 fully saturated rings. The molecule has 0 bridgehead atoms. The molecule has 0 aromatic heterocycles. The Hall–Kier alpha value is -16.3. The zero-order valence-electron chi connectivity index (χ0n) is 84.9. The summed E-state index contributed by atoms with van der Waals surface area (Å²) in [5, 5.41) is 8.78. The lowest BCUT2D eigenvalue weighted by Gasteiger charge is -2.12. The molecule has 31 heteroatoms. The van der Waals surface area contributed by atoms with Gasteiger partial charge >= 0.3 is 47.8 Å². The minimum Gasteiger partial charge on any atom is -0.494 e. The summed E-state index contributed by atoms with van der Waals surface area (Å²) < 4.78 is 98.5. The topological polar surface area (TPSA) is 363 Å². The molecular formula is C118H133NO30. The number of carbonyl (C=O) groups excluding carboxylic acids is 8. The number of unbranched alkanes of at least 4 members (excludes halogenated alkanes) is 12. The van der Waals surface area contributed by atoms with Crippen LogP contribution in [0.4, 0.5) is 0 Å². The summed E-state index contributed by atoms with van der Waals surface area (Å²) >= 11 is 0. The fourth-order valence-corrected chi connectivity index (χ4v) is 12.7. The molecule has 0 atom stereocenters. The van der Waals surface area contributed by atoms with E-state index in [4.69, 9.17) is 110 Å². The summed E-state index contributed by atoms with van der Waals surface area (Å²) in [6, 6.07) is 67.7. The lowest BCUT2D eigenvalue weighted by atomic mass is 10.2. The van der Waals surface area contributed by atoms with E-state index < -0.39 is 41.8 Å². The molecule has 0 spiro atoms. The minimum atomic E-state index is -0.502. The minimum absolute atomic E-state index is 0.00336. The zero-order chi connectivity index (χ0) is 107. The second-order valence-corrected chi connectivity index (χ2v) is 32.4. The number of nitriles is 1. The Morgan fingerprint density at radius 2 is 0.470 bits per heavy atom. The third kappa shape index (κ3) is 52.4. The summed E-state index contributed by atoms with van der Waals surface area (Å²) in [5.41, 5.74) is 4.86. The van der Waals surface area contributed by atoms with Crippen molar-refractivity contribution >= 4 is 47.8 Å². The van der Waals surface area contributed by atoms with Gasteiger partial charge in [0.05, 0.1) is 113 Å². The highest BCUT2D eigenvalue weighted by Gasteiger charge is 2.17. The van der Waals surface area contributed by atoms with Crippen molar-refractivity contribution in [3.63, 3.8) is 0 Å². The van der Waals surface area contributed by atoms with E-state index in [2.05, 4.69) is 39.5 Å². The van der Waals surface area contributed by atoms with Gasteiger partial charge in [0.2, 0.25) is 13.6 Å². The van der Waals surface area contributed by atoms with Gasteiger partial charge < -0.3 is 85.3 Å². The molecule has 0 saturated carbocycles. The van der Waals surface area contributed by atoms with Crippen LogP contribution in [0, 0.1) is 32.1 Å². The molecule has 10 rings (SSSR count). The van der Waals surface area contributed by atoms with Crippen LogP contribution in [-0.2, 0) is 57.7 Å². The lowest BCUT2D eigenvalue weighted by molar-refractivity contribution is -0.287. The van der Waals surface area contributed by atoms with E-state index in [-0.39, 0.29) is 26.2 Å². The standard InChI is InChI=1S/C39H48O10.C33H36O10.C23H23NO5.C23H26O5/c1-4-24-47-48-28-13-9-8-11-26-43-34-18-20-35(21-19-34)45-30-46-37-23-22-36(29-31(37)3)49-39(41)32-14-16-33(17-15-32)42-25-10-6-7-12-27-44-38(40)5-2;1-4-18-41-42-22-7-20-37-28-12-14-29(15-13-28)39-24-40-31-17-16-30(23-25(31)3)43-33(35)26-8-10-27(11-9-26)36-19-6-21-38-32(34)5-2;1-2-22(25)28-16-6-4-3-5-15-27-20-13-9-19(10-14-20)23(26)29-21-11-7-18(17-24)8-12-21;1-3-22(24)27-17-7-5-4-6-16-26-20-14-10-19(11-15-20)23(25)28-21-12-8-18(2)9-13-21/h4-5,14-23,29H,1-2,6-13,24-28,30H2,3H3;4-5,8-17,23H,1-2,6-7,18-22,24H2,3H3;2,7-14H,1,3-6,15-16H2;3,8-15H,1,4-7,16-17H2,2H3. The molecule has 10 aromatic rings. The molecule has 0 aliphatic heterocycles. The summed E-state index contributed by atoms with van der Waals surface area (Å²) in [7, 11) is 0. The van der Waals surface area contributed by atoms with Gasteiger partial charge in [0.1, 0.15) is 93.7 Å². The number of esters is 8. The van der Waals surface area contributed by atoms with Gasteiger partial charge in [-0.2, -0.15) is 5.26 Å². The number of hydrogen-bond acceptors (Lipinski definition) is 31. The van der Waals surface area contributed by atoms with E-state index in [1.807, 2.05) is 75.4 Å². The Morgan fingerprint density at radius 1 is 0.242 bits per heavy atom. The van der Waals surface area contributed by atoms with Crippen LogP contribution < -0.4 is 66.3 Å². The first-order chi connectivity index (χ1) is 72.7. The zero-order valence-corrected chi connectivity index (χ0v) is 84.9. The van der Waals surface area contributed by atoms with Gasteiger partial charge in [-0.1, -0.05) is 62.6 Å². The average Bonchev–Trinajstić information content (AvgIpc) is 0.851. The smallest absolute Gasteiger partial charge is 0.343 e. The van der Waals surface area contributed by atoms with Crippen LogP contribution in [0.3, 0.4) is 0 Å². The third-order valence-electron chi connectivity index (χ3n) is 20.7. The number of rotatable bonds is 68. The Labute approximate surface area is 871 Å². The number of ether oxygens (including phenoxy) is 18. The average molecular weight is 2050 g/mol. The molecule has 0 aliphatic carbocycles. The molecule has 0 unspecified atom stereocenters. The van der Waals surface area contributed by atoms with E-state index in [0.29, 0.717) is 201 Å². The van der Waals surface area contributed by atoms with Gasteiger partial charge in [-0.25, -0.2) is 57.9 Å². The maximum atomic E-state index is 12.7. The van der Waals surface area contributed by atoms with Crippen molar-refractivity contribution in [1.82, 2.24) is 0 Å². The highest BCUT2D eigenvalue weighted by atomic mass is 17.2. The van der Waals surface area contributed by atoms with E-state index in [1.165, 1.54) is 6.08 Å². The van der Waals surface area contributed by atoms with E-state index >= 15 is 0 Å². The van der Waals surface area contributed by atoms with Crippen LogP contribution in [0.1, 0.15) is 179 Å². The molecule has 0 amide bonds. The van der Waals surface area contributed by atoms with Crippen LogP contribution in [0.5, 0.6) is 80.5 Å². The first kappa shape index (κ1) is 120. The van der Waals surface area contributed by atoms with Crippen LogP contribution in [0.15, 0.2) is 306 Å². The van der Waals surface area contributed by atoms with Crippen LogP contribution in [0.2, 0.25) is 0 Å². The number of benzene rings is 10. The molecule has 0 aliphatic rings. The molecule has 31 nitrogen and oxygen atoms in total.